The molecule has 3 N–H and O–H groups in total. The molecule has 0 spiro atoms. The number of nitrogens with zero attached hydrogens (tertiary/aromatic N) is 4. The van der Waals surface area contributed by atoms with Crippen LogP contribution in [0.2, 0.25) is 5.02 Å². The van der Waals surface area contributed by atoms with Crippen LogP contribution in [0.4, 0.5) is 5.82 Å². The van der Waals surface area contributed by atoms with E-state index in [1.807, 2.05) is 30.3 Å². The first-order chi connectivity index (χ1) is 12.1. The lowest BCUT2D eigenvalue weighted by Gasteiger charge is -2.09. The van der Waals surface area contributed by atoms with Crippen LogP contribution in [0.1, 0.15) is 0 Å². The molecule has 4 rings (SSSR count). The van der Waals surface area contributed by atoms with Crippen molar-refractivity contribution in [3.63, 3.8) is 0 Å². The molecule has 0 fully saturated rings. The summed E-state index contributed by atoms with van der Waals surface area (Å²) in [5.74, 6) is 0.708. The van der Waals surface area contributed by atoms with Crippen molar-refractivity contribution in [2.24, 2.45) is 0 Å². The van der Waals surface area contributed by atoms with E-state index in [1.165, 1.54) is 12.3 Å². The van der Waals surface area contributed by atoms with Gasteiger partial charge in [0.25, 0.3) is 0 Å². The summed E-state index contributed by atoms with van der Waals surface area (Å²) in [6, 6.07) is 12.7. The molecule has 4 aromatic rings. The van der Waals surface area contributed by atoms with Crippen LogP contribution >= 0.6 is 11.6 Å². The van der Waals surface area contributed by atoms with Crippen molar-refractivity contribution in [2.45, 2.75) is 0 Å². The fourth-order valence-corrected chi connectivity index (χ4v) is 2.68. The predicted molar refractivity (Wildman–Crippen MR) is 97.1 cm³/mol. The number of fused-ring (bicyclic) bond motifs is 1. The van der Waals surface area contributed by atoms with Crippen molar-refractivity contribution in [3.8, 4) is 28.5 Å². The van der Waals surface area contributed by atoms with E-state index in [0.717, 1.165) is 5.56 Å². The number of rotatable bonds is 2. The Morgan fingerprint density at radius 1 is 0.920 bits per heavy atom. The number of halogens is 1. The van der Waals surface area contributed by atoms with E-state index in [1.54, 1.807) is 12.3 Å². The summed E-state index contributed by atoms with van der Waals surface area (Å²) in [6.07, 6.45) is 3.08. The van der Waals surface area contributed by atoms with Gasteiger partial charge in [0.1, 0.15) is 23.0 Å². The number of anilines is 1. The van der Waals surface area contributed by atoms with Gasteiger partial charge in [-0.2, -0.15) is 0 Å². The summed E-state index contributed by atoms with van der Waals surface area (Å²) in [4.78, 5) is 17.6. The Kier molecular flexibility index (Phi) is 3.66. The van der Waals surface area contributed by atoms with Gasteiger partial charge in [-0.1, -0.05) is 41.9 Å². The Morgan fingerprint density at radius 2 is 1.72 bits per heavy atom. The zero-order valence-corrected chi connectivity index (χ0v) is 13.6. The number of nitrogen functional groups attached to an aromatic ring is 1. The SMILES string of the molecule is Nc1cnc(-c2ncc3cc(O)c(Cl)cc3n2)c(-c2ccccc2)n1. The Bertz CT molecular complexity index is 1090. The predicted octanol–water partition coefficient (Wildman–Crippen LogP) is 3.70. The molecule has 2 aromatic heterocycles. The molecule has 2 heterocycles. The van der Waals surface area contributed by atoms with Crippen LogP contribution in [0.3, 0.4) is 0 Å². The summed E-state index contributed by atoms with van der Waals surface area (Å²) in [6.45, 7) is 0. The number of hydrogen-bond acceptors (Lipinski definition) is 6. The van der Waals surface area contributed by atoms with Crippen LogP contribution in [-0.4, -0.2) is 25.0 Å². The first-order valence-corrected chi connectivity index (χ1v) is 7.83. The monoisotopic (exact) mass is 349 g/mol. The van der Waals surface area contributed by atoms with Crippen LogP contribution in [0, 0.1) is 0 Å². The quantitative estimate of drug-likeness (QED) is 0.572. The van der Waals surface area contributed by atoms with Gasteiger partial charge in [-0.3, -0.25) is 0 Å². The molecule has 0 aliphatic rings. The highest BCUT2D eigenvalue weighted by Gasteiger charge is 2.15. The minimum atomic E-state index is -0.0113. The molecule has 0 bridgehead atoms. The highest BCUT2D eigenvalue weighted by Crippen LogP contribution is 2.31. The number of benzene rings is 2. The molecule has 7 heteroatoms. The van der Waals surface area contributed by atoms with Crippen LogP contribution in [0.25, 0.3) is 33.7 Å². The van der Waals surface area contributed by atoms with Gasteiger partial charge in [-0.15, -0.1) is 0 Å². The molecule has 0 unspecified atom stereocenters. The average molecular weight is 350 g/mol. The van der Waals surface area contributed by atoms with Gasteiger partial charge in [0, 0.05) is 17.1 Å². The number of aromatic hydroxyl groups is 1. The molecule has 0 saturated carbocycles. The Hall–Kier alpha value is -3.25. The van der Waals surface area contributed by atoms with Crippen LogP contribution in [0.5, 0.6) is 5.75 Å². The summed E-state index contributed by atoms with van der Waals surface area (Å²) in [5.41, 5.74) is 8.40. The standard InChI is InChI=1S/C18H12ClN5O/c19-12-7-13-11(6-14(12)25)8-22-18(23-13)17-16(24-15(20)9-21-17)10-4-2-1-3-5-10/h1-9,25H,(H2,20,24). The molecule has 2 aromatic carbocycles. The van der Waals surface area contributed by atoms with Crippen molar-refractivity contribution in [1.29, 1.82) is 0 Å². The third-order valence-electron chi connectivity index (χ3n) is 3.70. The maximum Gasteiger partial charge on any atom is 0.180 e. The van der Waals surface area contributed by atoms with Gasteiger partial charge >= 0.3 is 0 Å². The van der Waals surface area contributed by atoms with E-state index in [2.05, 4.69) is 19.9 Å². The first-order valence-electron chi connectivity index (χ1n) is 7.45. The second-order valence-electron chi connectivity index (χ2n) is 5.41. The van der Waals surface area contributed by atoms with Crippen molar-refractivity contribution in [3.05, 3.63) is 59.9 Å². The molecular formula is C18H12ClN5O. The second-order valence-corrected chi connectivity index (χ2v) is 5.82. The molecule has 6 nitrogen and oxygen atoms in total. The third-order valence-corrected chi connectivity index (χ3v) is 4.00. The third kappa shape index (κ3) is 2.83. The lowest BCUT2D eigenvalue weighted by Crippen LogP contribution is -2.01. The molecule has 0 saturated heterocycles. The molecule has 0 aliphatic heterocycles. The highest BCUT2D eigenvalue weighted by atomic mass is 35.5. The van der Waals surface area contributed by atoms with E-state index in [4.69, 9.17) is 17.3 Å². The van der Waals surface area contributed by atoms with E-state index >= 15 is 0 Å². The highest BCUT2D eigenvalue weighted by molar-refractivity contribution is 6.32. The zero-order chi connectivity index (χ0) is 17.4. The van der Waals surface area contributed by atoms with Crippen LogP contribution in [0.15, 0.2) is 54.9 Å². The molecular weight excluding hydrogens is 338 g/mol. The fourth-order valence-electron chi connectivity index (χ4n) is 2.52. The van der Waals surface area contributed by atoms with Gasteiger partial charge in [-0.25, -0.2) is 19.9 Å². The zero-order valence-electron chi connectivity index (χ0n) is 12.9. The summed E-state index contributed by atoms with van der Waals surface area (Å²) < 4.78 is 0. The number of aromatic nitrogens is 4. The van der Waals surface area contributed by atoms with Gasteiger partial charge in [0.2, 0.25) is 0 Å². The molecule has 25 heavy (non-hydrogen) atoms. The lowest BCUT2D eigenvalue weighted by atomic mass is 10.1. The minimum Gasteiger partial charge on any atom is -0.506 e. The van der Waals surface area contributed by atoms with Gasteiger partial charge < -0.3 is 10.8 Å². The summed E-state index contributed by atoms with van der Waals surface area (Å²) in [7, 11) is 0. The number of phenolic OH excluding ortho intramolecular Hbond substituents is 1. The van der Waals surface area contributed by atoms with E-state index in [9.17, 15) is 5.11 Å². The maximum absolute atomic E-state index is 9.70. The maximum atomic E-state index is 9.70. The van der Waals surface area contributed by atoms with E-state index < -0.39 is 0 Å². The topological polar surface area (TPSA) is 97.8 Å². The number of nitrogens with two attached hydrogens (primary N) is 1. The second kappa shape index (κ2) is 5.99. The Balaban J connectivity index is 1.93. The molecule has 0 radical (unpaired) electrons. The van der Waals surface area contributed by atoms with Crippen molar-refractivity contribution < 1.29 is 5.11 Å². The van der Waals surface area contributed by atoms with Gasteiger partial charge in [0.15, 0.2) is 5.82 Å². The smallest absolute Gasteiger partial charge is 0.180 e. The molecule has 122 valence electrons. The number of hydrogen-bond donors (Lipinski definition) is 2. The number of phenols is 1. The van der Waals surface area contributed by atoms with Crippen LogP contribution in [-0.2, 0) is 0 Å². The van der Waals surface area contributed by atoms with Gasteiger partial charge in [0.05, 0.1) is 16.7 Å². The van der Waals surface area contributed by atoms with Crippen molar-refractivity contribution >= 4 is 28.3 Å². The first kappa shape index (κ1) is 15.3. The fraction of sp³-hybridized carbons (Fsp3) is 0. The summed E-state index contributed by atoms with van der Waals surface area (Å²) in [5, 5.41) is 10.6. The van der Waals surface area contributed by atoms with E-state index in [0.29, 0.717) is 33.9 Å². The van der Waals surface area contributed by atoms with Crippen molar-refractivity contribution in [2.75, 3.05) is 5.73 Å². The molecule has 0 atom stereocenters. The minimum absolute atomic E-state index is 0.0113. The van der Waals surface area contributed by atoms with Crippen LogP contribution < -0.4 is 5.73 Å². The van der Waals surface area contributed by atoms with E-state index in [-0.39, 0.29) is 10.8 Å². The van der Waals surface area contributed by atoms with Gasteiger partial charge in [-0.05, 0) is 12.1 Å². The largest absolute Gasteiger partial charge is 0.506 e. The molecule has 0 aliphatic carbocycles. The molecule has 0 amide bonds. The Morgan fingerprint density at radius 3 is 2.52 bits per heavy atom. The van der Waals surface area contributed by atoms with Crippen molar-refractivity contribution in [1.82, 2.24) is 19.9 Å². The summed E-state index contributed by atoms with van der Waals surface area (Å²) >= 11 is 5.98. The lowest BCUT2D eigenvalue weighted by molar-refractivity contribution is 0.476. The Labute approximate surface area is 148 Å². The normalized spacial score (nSPS) is 10.9. The average Bonchev–Trinajstić information content (AvgIpc) is 2.63.